The Bertz CT molecular complexity index is 1060. The average Bonchev–Trinajstić information content (AvgIpc) is 2.56. The summed E-state index contributed by atoms with van der Waals surface area (Å²) in [5.74, 6) is -0.167. The van der Waals surface area contributed by atoms with E-state index in [0.717, 1.165) is 22.2 Å². The fourth-order valence-electron chi connectivity index (χ4n) is 3.02. The third-order valence-electron chi connectivity index (χ3n) is 4.23. The van der Waals surface area contributed by atoms with E-state index in [4.69, 9.17) is 23.2 Å². The normalized spacial score (nSPS) is 10.9. The van der Waals surface area contributed by atoms with Gasteiger partial charge in [-0.05, 0) is 48.7 Å². The molecule has 0 saturated heterocycles. The van der Waals surface area contributed by atoms with Crippen molar-refractivity contribution in [3.05, 3.63) is 79.6 Å². The molecule has 26 heavy (non-hydrogen) atoms. The number of halogens is 2. The van der Waals surface area contributed by atoms with Crippen LogP contribution in [0.15, 0.2) is 47.4 Å². The molecule has 6 heteroatoms. The van der Waals surface area contributed by atoms with Gasteiger partial charge in [-0.3, -0.25) is 9.59 Å². The molecule has 2 aromatic carbocycles. The van der Waals surface area contributed by atoms with Crippen LogP contribution in [-0.4, -0.2) is 10.5 Å². The van der Waals surface area contributed by atoms with Gasteiger partial charge < -0.3 is 9.88 Å². The van der Waals surface area contributed by atoms with Crippen LogP contribution in [0.25, 0.3) is 10.9 Å². The second-order valence-electron chi connectivity index (χ2n) is 6.30. The van der Waals surface area contributed by atoms with Crippen LogP contribution in [0.1, 0.15) is 16.7 Å². The number of aryl methyl sites for hydroxylation is 2. The Labute approximate surface area is 161 Å². The molecule has 1 heterocycles. The zero-order valence-electron chi connectivity index (χ0n) is 14.5. The minimum Gasteiger partial charge on any atom is -0.350 e. The van der Waals surface area contributed by atoms with Crippen LogP contribution in [0.2, 0.25) is 10.0 Å². The van der Waals surface area contributed by atoms with E-state index in [-0.39, 0.29) is 17.9 Å². The van der Waals surface area contributed by atoms with Gasteiger partial charge in [-0.25, -0.2) is 0 Å². The lowest BCUT2D eigenvalue weighted by Crippen LogP contribution is -2.28. The second-order valence-corrected chi connectivity index (χ2v) is 7.14. The van der Waals surface area contributed by atoms with Crippen LogP contribution in [0.4, 0.5) is 0 Å². The van der Waals surface area contributed by atoms with E-state index in [9.17, 15) is 9.59 Å². The molecular formula is C20H18Cl2N2O2. The van der Waals surface area contributed by atoms with Crippen molar-refractivity contribution in [3.63, 3.8) is 0 Å². The number of nitrogens with zero attached hydrogens (tertiary/aromatic N) is 1. The average molecular weight is 389 g/mol. The molecule has 134 valence electrons. The minimum atomic E-state index is -0.167. The van der Waals surface area contributed by atoms with Gasteiger partial charge in [0, 0.05) is 34.2 Å². The standard InChI is InChI=1S/C20H18Cl2N2O2/c1-12-7-13(2)20-17(8-12)24(6-5-18(20)25)11-19(26)23-10-14-3-4-15(21)9-16(14)22/h3-9H,10-11H2,1-2H3,(H,23,26). The summed E-state index contributed by atoms with van der Waals surface area (Å²) >= 11 is 12.0. The smallest absolute Gasteiger partial charge is 0.240 e. The van der Waals surface area contributed by atoms with Crippen LogP contribution < -0.4 is 10.7 Å². The first-order valence-corrected chi connectivity index (χ1v) is 8.92. The number of aromatic nitrogens is 1. The predicted molar refractivity (Wildman–Crippen MR) is 106 cm³/mol. The highest BCUT2D eigenvalue weighted by Gasteiger charge is 2.10. The highest BCUT2D eigenvalue weighted by molar-refractivity contribution is 6.35. The van der Waals surface area contributed by atoms with Gasteiger partial charge >= 0.3 is 0 Å². The van der Waals surface area contributed by atoms with Gasteiger partial charge in [0.2, 0.25) is 5.91 Å². The quantitative estimate of drug-likeness (QED) is 0.726. The van der Waals surface area contributed by atoms with Gasteiger partial charge in [0.1, 0.15) is 6.54 Å². The molecule has 0 aliphatic carbocycles. The molecule has 3 aromatic rings. The zero-order chi connectivity index (χ0) is 18.8. The molecule has 0 aliphatic rings. The molecule has 0 saturated carbocycles. The fourth-order valence-corrected chi connectivity index (χ4v) is 3.50. The molecule has 4 nitrogen and oxygen atoms in total. The fraction of sp³-hybridized carbons (Fsp3) is 0.200. The lowest BCUT2D eigenvalue weighted by atomic mass is 10.1. The molecule has 1 amide bonds. The lowest BCUT2D eigenvalue weighted by Gasteiger charge is -2.13. The van der Waals surface area contributed by atoms with E-state index >= 15 is 0 Å². The van der Waals surface area contributed by atoms with E-state index in [1.54, 1.807) is 29.0 Å². The SMILES string of the molecule is Cc1cc(C)c2c(=O)ccn(CC(=O)NCc3ccc(Cl)cc3Cl)c2c1. The lowest BCUT2D eigenvalue weighted by molar-refractivity contribution is -0.121. The van der Waals surface area contributed by atoms with Crippen LogP contribution >= 0.6 is 23.2 Å². The molecule has 1 N–H and O–H groups in total. The van der Waals surface area contributed by atoms with Crippen molar-refractivity contribution in [3.8, 4) is 0 Å². The van der Waals surface area contributed by atoms with E-state index in [2.05, 4.69) is 5.32 Å². The maximum absolute atomic E-state index is 12.4. The van der Waals surface area contributed by atoms with Gasteiger partial charge in [0.05, 0.1) is 5.52 Å². The molecule has 0 radical (unpaired) electrons. The van der Waals surface area contributed by atoms with Crippen LogP contribution in [0.5, 0.6) is 0 Å². The monoisotopic (exact) mass is 388 g/mol. The van der Waals surface area contributed by atoms with Crippen molar-refractivity contribution in [1.82, 2.24) is 9.88 Å². The summed E-state index contributed by atoms with van der Waals surface area (Å²) in [4.78, 5) is 24.6. The molecule has 0 bridgehead atoms. The summed E-state index contributed by atoms with van der Waals surface area (Å²) in [5.41, 5.74) is 3.47. The number of rotatable bonds is 4. The van der Waals surface area contributed by atoms with Crippen LogP contribution in [-0.2, 0) is 17.9 Å². The van der Waals surface area contributed by atoms with Crippen LogP contribution in [0, 0.1) is 13.8 Å². The first-order chi connectivity index (χ1) is 12.3. The number of hydrogen-bond donors (Lipinski definition) is 1. The maximum atomic E-state index is 12.4. The summed E-state index contributed by atoms with van der Waals surface area (Å²) in [6.07, 6.45) is 1.65. The number of pyridine rings is 1. The predicted octanol–water partition coefficient (Wildman–Crippen LogP) is 4.24. The number of benzene rings is 2. The molecule has 0 fully saturated rings. The van der Waals surface area contributed by atoms with E-state index in [0.29, 0.717) is 22.0 Å². The van der Waals surface area contributed by atoms with E-state index in [1.165, 1.54) is 6.07 Å². The van der Waals surface area contributed by atoms with E-state index in [1.807, 2.05) is 26.0 Å². The Balaban J connectivity index is 1.81. The van der Waals surface area contributed by atoms with Crippen molar-refractivity contribution in [1.29, 1.82) is 0 Å². The van der Waals surface area contributed by atoms with Crippen molar-refractivity contribution < 1.29 is 4.79 Å². The number of carbonyl (C=O) groups is 1. The summed E-state index contributed by atoms with van der Waals surface area (Å²) in [6.45, 7) is 4.30. The number of hydrogen-bond acceptors (Lipinski definition) is 2. The summed E-state index contributed by atoms with van der Waals surface area (Å²) in [5, 5.41) is 4.56. The Hall–Kier alpha value is -2.30. The maximum Gasteiger partial charge on any atom is 0.240 e. The van der Waals surface area contributed by atoms with Crippen molar-refractivity contribution in [2.75, 3.05) is 0 Å². The topological polar surface area (TPSA) is 51.1 Å². The summed E-state index contributed by atoms with van der Waals surface area (Å²) in [6, 6.07) is 10.5. The molecule has 0 atom stereocenters. The van der Waals surface area contributed by atoms with Crippen LogP contribution in [0.3, 0.4) is 0 Å². The number of nitrogens with one attached hydrogen (secondary N) is 1. The third-order valence-corrected chi connectivity index (χ3v) is 4.81. The summed E-state index contributed by atoms with van der Waals surface area (Å²) < 4.78 is 1.79. The molecule has 0 aliphatic heterocycles. The van der Waals surface area contributed by atoms with Crippen molar-refractivity contribution in [2.24, 2.45) is 0 Å². The van der Waals surface area contributed by atoms with Gasteiger partial charge in [0.25, 0.3) is 0 Å². The summed E-state index contributed by atoms with van der Waals surface area (Å²) in [7, 11) is 0. The second kappa shape index (κ2) is 7.52. The molecular weight excluding hydrogens is 371 g/mol. The first-order valence-electron chi connectivity index (χ1n) is 8.16. The highest BCUT2D eigenvalue weighted by atomic mass is 35.5. The largest absolute Gasteiger partial charge is 0.350 e. The van der Waals surface area contributed by atoms with Gasteiger partial charge in [-0.2, -0.15) is 0 Å². The van der Waals surface area contributed by atoms with E-state index < -0.39 is 0 Å². The first kappa shape index (κ1) is 18.5. The Morgan fingerprint density at radius 2 is 1.88 bits per heavy atom. The molecule has 0 spiro atoms. The Kier molecular flexibility index (Phi) is 5.35. The zero-order valence-corrected chi connectivity index (χ0v) is 16.0. The van der Waals surface area contributed by atoms with Crippen molar-refractivity contribution in [2.45, 2.75) is 26.9 Å². The van der Waals surface area contributed by atoms with Gasteiger partial charge in [-0.15, -0.1) is 0 Å². The molecule has 3 rings (SSSR count). The Morgan fingerprint density at radius 1 is 1.12 bits per heavy atom. The number of fused-ring (bicyclic) bond motifs is 1. The van der Waals surface area contributed by atoms with Gasteiger partial charge in [-0.1, -0.05) is 35.3 Å². The highest BCUT2D eigenvalue weighted by Crippen LogP contribution is 2.21. The molecule has 0 unspecified atom stereocenters. The number of amides is 1. The van der Waals surface area contributed by atoms with Crippen molar-refractivity contribution >= 4 is 40.0 Å². The van der Waals surface area contributed by atoms with Gasteiger partial charge in [0.15, 0.2) is 5.43 Å². The Morgan fingerprint density at radius 3 is 2.62 bits per heavy atom. The third kappa shape index (κ3) is 3.92. The molecule has 1 aromatic heterocycles. The minimum absolute atomic E-state index is 0.0397. The number of carbonyl (C=O) groups excluding carboxylic acids is 1.